The fraction of sp³-hybridized carbons (Fsp3) is 0.176. The van der Waals surface area contributed by atoms with Crippen LogP contribution in [-0.2, 0) is 6.42 Å². The summed E-state index contributed by atoms with van der Waals surface area (Å²) < 4.78 is 13.4. The van der Waals surface area contributed by atoms with E-state index in [0.29, 0.717) is 11.4 Å². The first-order chi connectivity index (χ1) is 11.7. The predicted molar refractivity (Wildman–Crippen MR) is 84.5 cm³/mol. The van der Waals surface area contributed by atoms with Gasteiger partial charge in [-0.1, -0.05) is 18.2 Å². The van der Waals surface area contributed by atoms with E-state index in [0.717, 1.165) is 29.5 Å². The molecule has 0 saturated heterocycles. The Kier molecular flexibility index (Phi) is 3.53. The third-order valence-corrected chi connectivity index (χ3v) is 4.24. The number of amides is 1. The summed E-state index contributed by atoms with van der Waals surface area (Å²) in [5.74, 6) is 0.0123. The molecular formula is C17H14FN5O. The smallest absolute Gasteiger partial charge is 0.251 e. The normalized spacial score (nSPS) is 16.0. The minimum atomic E-state index is -0.278. The van der Waals surface area contributed by atoms with Gasteiger partial charge in [0, 0.05) is 11.1 Å². The van der Waals surface area contributed by atoms with Gasteiger partial charge in [-0.05, 0) is 53.4 Å². The number of nitrogens with zero attached hydrogens (tertiary/aromatic N) is 3. The average molecular weight is 323 g/mol. The van der Waals surface area contributed by atoms with Crippen LogP contribution in [0.4, 0.5) is 4.39 Å². The molecule has 1 aliphatic carbocycles. The van der Waals surface area contributed by atoms with E-state index in [4.69, 9.17) is 0 Å². The van der Waals surface area contributed by atoms with Gasteiger partial charge in [0.15, 0.2) is 0 Å². The highest BCUT2D eigenvalue weighted by atomic mass is 19.1. The molecule has 1 atom stereocenters. The first-order valence-electron chi connectivity index (χ1n) is 7.64. The highest BCUT2D eigenvalue weighted by Gasteiger charge is 2.24. The van der Waals surface area contributed by atoms with Crippen LogP contribution in [0.5, 0.6) is 0 Å². The number of nitrogens with one attached hydrogen (secondary N) is 2. The molecule has 3 aromatic rings. The van der Waals surface area contributed by atoms with E-state index in [1.165, 1.54) is 12.1 Å². The van der Waals surface area contributed by atoms with E-state index >= 15 is 0 Å². The summed E-state index contributed by atoms with van der Waals surface area (Å²) in [5.41, 5.74) is 3.27. The van der Waals surface area contributed by atoms with Gasteiger partial charge in [0.1, 0.15) is 5.82 Å². The molecule has 0 fully saturated rings. The van der Waals surface area contributed by atoms with Crippen LogP contribution in [0.3, 0.4) is 0 Å². The molecule has 24 heavy (non-hydrogen) atoms. The number of benzene rings is 2. The van der Waals surface area contributed by atoms with Crippen LogP contribution >= 0.6 is 0 Å². The maximum absolute atomic E-state index is 13.4. The van der Waals surface area contributed by atoms with Crippen molar-refractivity contribution < 1.29 is 9.18 Å². The van der Waals surface area contributed by atoms with Crippen LogP contribution in [0.15, 0.2) is 42.5 Å². The van der Waals surface area contributed by atoms with Crippen LogP contribution in [0.25, 0.3) is 11.4 Å². The molecule has 1 aromatic heterocycles. The zero-order valence-electron chi connectivity index (χ0n) is 12.7. The lowest BCUT2D eigenvalue weighted by Gasteiger charge is -2.14. The lowest BCUT2D eigenvalue weighted by Crippen LogP contribution is -2.27. The van der Waals surface area contributed by atoms with Crippen molar-refractivity contribution in [2.24, 2.45) is 0 Å². The Morgan fingerprint density at radius 3 is 2.79 bits per heavy atom. The van der Waals surface area contributed by atoms with Gasteiger partial charge in [0.05, 0.1) is 6.04 Å². The Bertz CT molecular complexity index is 877. The number of fused-ring (bicyclic) bond motifs is 1. The quantitative estimate of drug-likeness (QED) is 0.775. The SMILES string of the molecule is O=C(N[C@@H]1CCc2ccc(F)cc21)c1ccc(-c2nn[nH]n2)cc1. The fourth-order valence-corrected chi connectivity index (χ4v) is 3.02. The van der Waals surface area contributed by atoms with Crippen molar-refractivity contribution in [1.82, 2.24) is 25.9 Å². The second kappa shape index (κ2) is 5.84. The number of hydrogen-bond acceptors (Lipinski definition) is 4. The maximum atomic E-state index is 13.4. The first kappa shape index (κ1) is 14.5. The van der Waals surface area contributed by atoms with Crippen molar-refractivity contribution in [3.05, 3.63) is 65.0 Å². The zero-order valence-corrected chi connectivity index (χ0v) is 12.7. The molecule has 1 amide bonds. The van der Waals surface area contributed by atoms with Gasteiger partial charge in [-0.15, -0.1) is 10.2 Å². The van der Waals surface area contributed by atoms with E-state index < -0.39 is 0 Å². The molecule has 0 saturated carbocycles. The molecule has 0 radical (unpaired) electrons. The van der Waals surface area contributed by atoms with Gasteiger partial charge in [-0.2, -0.15) is 5.21 Å². The Morgan fingerprint density at radius 1 is 1.21 bits per heavy atom. The molecule has 4 rings (SSSR count). The van der Waals surface area contributed by atoms with Gasteiger partial charge >= 0.3 is 0 Å². The summed E-state index contributed by atoms with van der Waals surface area (Å²) in [5, 5.41) is 16.7. The first-order valence-corrected chi connectivity index (χ1v) is 7.64. The van der Waals surface area contributed by atoms with Crippen molar-refractivity contribution in [3.8, 4) is 11.4 Å². The minimum absolute atomic E-state index is 0.153. The second-order valence-corrected chi connectivity index (χ2v) is 5.72. The molecule has 7 heteroatoms. The van der Waals surface area contributed by atoms with Crippen molar-refractivity contribution in [2.45, 2.75) is 18.9 Å². The highest BCUT2D eigenvalue weighted by molar-refractivity contribution is 5.94. The predicted octanol–water partition coefficient (Wildman–Crippen LogP) is 2.42. The van der Waals surface area contributed by atoms with E-state index in [2.05, 4.69) is 25.9 Å². The van der Waals surface area contributed by atoms with Crippen molar-refractivity contribution in [3.63, 3.8) is 0 Å². The van der Waals surface area contributed by atoms with Crippen molar-refractivity contribution >= 4 is 5.91 Å². The van der Waals surface area contributed by atoms with Crippen LogP contribution in [0.2, 0.25) is 0 Å². The topological polar surface area (TPSA) is 83.6 Å². The number of rotatable bonds is 3. The number of carbonyl (C=O) groups is 1. The summed E-state index contributed by atoms with van der Waals surface area (Å²) in [6.45, 7) is 0. The Labute approximate surface area is 137 Å². The molecule has 0 unspecified atom stereocenters. The van der Waals surface area contributed by atoms with Gasteiger partial charge in [-0.25, -0.2) is 4.39 Å². The number of aryl methyl sites for hydroxylation is 1. The molecule has 1 aliphatic rings. The molecule has 120 valence electrons. The Morgan fingerprint density at radius 2 is 2.04 bits per heavy atom. The number of carbonyl (C=O) groups excluding carboxylic acids is 1. The summed E-state index contributed by atoms with van der Waals surface area (Å²) in [4.78, 5) is 12.4. The van der Waals surface area contributed by atoms with Gasteiger partial charge < -0.3 is 5.32 Å². The number of aromatic amines is 1. The number of hydrogen-bond donors (Lipinski definition) is 2. The number of H-pyrrole nitrogens is 1. The summed E-state index contributed by atoms with van der Waals surface area (Å²) >= 11 is 0. The second-order valence-electron chi connectivity index (χ2n) is 5.72. The van der Waals surface area contributed by atoms with Crippen LogP contribution in [0, 0.1) is 5.82 Å². The molecule has 0 bridgehead atoms. The number of aromatic nitrogens is 4. The van der Waals surface area contributed by atoms with E-state index in [9.17, 15) is 9.18 Å². The van der Waals surface area contributed by atoms with Crippen molar-refractivity contribution in [1.29, 1.82) is 0 Å². The monoisotopic (exact) mass is 323 g/mol. The average Bonchev–Trinajstić information content (AvgIpc) is 3.25. The molecule has 6 nitrogen and oxygen atoms in total. The van der Waals surface area contributed by atoms with Crippen LogP contribution < -0.4 is 5.32 Å². The molecule has 2 aromatic carbocycles. The number of halogens is 1. The molecule has 2 N–H and O–H groups in total. The van der Waals surface area contributed by atoms with Crippen LogP contribution in [0.1, 0.15) is 33.9 Å². The van der Waals surface area contributed by atoms with E-state index in [-0.39, 0.29) is 17.8 Å². The lowest BCUT2D eigenvalue weighted by molar-refractivity contribution is 0.0936. The maximum Gasteiger partial charge on any atom is 0.251 e. The molecule has 1 heterocycles. The van der Waals surface area contributed by atoms with Crippen LogP contribution in [-0.4, -0.2) is 26.5 Å². The third-order valence-electron chi connectivity index (χ3n) is 4.24. The van der Waals surface area contributed by atoms with Gasteiger partial charge in [0.2, 0.25) is 5.82 Å². The van der Waals surface area contributed by atoms with E-state index in [1.807, 2.05) is 0 Å². The largest absolute Gasteiger partial charge is 0.345 e. The number of tetrazole rings is 1. The van der Waals surface area contributed by atoms with Gasteiger partial charge in [0.25, 0.3) is 5.91 Å². The standard InChI is InChI=1S/C17H14FN5O/c18-13-7-5-10-6-8-15(14(10)9-13)19-17(24)12-3-1-11(2-4-12)16-20-22-23-21-16/h1-5,7,9,15H,6,8H2,(H,19,24)(H,20,21,22,23)/t15-/m1/s1. The van der Waals surface area contributed by atoms with Gasteiger partial charge in [-0.3, -0.25) is 4.79 Å². The van der Waals surface area contributed by atoms with E-state index in [1.54, 1.807) is 30.3 Å². The Hall–Kier alpha value is -3.09. The summed E-state index contributed by atoms with van der Waals surface area (Å²) in [7, 11) is 0. The minimum Gasteiger partial charge on any atom is -0.345 e. The highest BCUT2D eigenvalue weighted by Crippen LogP contribution is 2.31. The fourth-order valence-electron chi connectivity index (χ4n) is 3.02. The molecule has 0 spiro atoms. The molecular weight excluding hydrogens is 309 g/mol. The third kappa shape index (κ3) is 2.64. The lowest BCUT2D eigenvalue weighted by atomic mass is 10.1. The van der Waals surface area contributed by atoms with Crippen molar-refractivity contribution in [2.75, 3.05) is 0 Å². The zero-order chi connectivity index (χ0) is 16.5. The summed E-state index contributed by atoms with van der Waals surface area (Å²) in [6, 6.07) is 11.6. The Balaban J connectivity index is 1.50. The summed E-state index contributed by atoms with van der Waals surface area (Å²) in [6.07, 6.45) is 1.63. The molecule has 0 aliphatic heterocycles.